The van der Waals surface area contributed by atoms with Gasteiger partial charge in [0.15, 0.2) is 0 Å². The highest BCUT2D eigenvalue weighted by molar-refractivity contribution is 6.32. The zero-order chi connectivity index (χ0) is 22.5. The molecule has 1 heterocycles. The zero-order valence-electron chi connectivity index (χ0n) is 19.5. The quantitative estimate of drug-likeness (QED) is 0.238. The van der Waals surface area contributed by atoms with E-state index in [0.29, 0.717) is 17.0 Å². The van der Waals surface area contributed by atoms with Crippen molar-refractivity contribution in [1.29, 1.82) is 0 Å². The molecule has 0 aliphatic heterocycles. The summed E-state index contributed by atoms with van der Waals surface area (Å²) >= 11 is 6.54. The van der Waals surface area contributed by atoms with E-state index in [1.54, 1.807) is 6.20 Å². The summed E-state index contributed by atoms with van der Waals surface area (Å²) in [6.07, 6.45) is 13.3. The Hall–Kier alpha value is -1.78. The summed E-state index contributed by atoms with van der Waals surface area (Å²) in [5.41, 5.74) is 1.91. The molecule has 2 N–H and O–H groups in total. The Kier molecular flexibility index (Phi) is 12.5. The lowest BCUT2D eigenvalue weighted by atomic mass is 10.0. The van der Waals surface area contributed by atoms with Gasteiger partial charge in [-0.3, -0.25) is 5.32 Å². The second-order valence-electron chi connectivity index (χ2n) is 7.98. The van der Waals surface area contributed by atoms with Crippen LogP contribution in [0.4, 0.5) is 5.82 Å². The smallest absolute Gasteiger partial charge is 0.126 e. The van der Waals surface area contributed by atoms with Gasteiger partial charge in [-0.1, -0.05) is 77.8 Å². The van der Waals surface area contributed by atoms with Gasteiger partial charge in [-0.15, -0.1) is 0 Å². The Morgan fingerprint density at radius 1 is 1.27 bits per heavy atom. The minimum Gasteiger partial charge on any atom is -0.367 e. The van der Waals surface area contributed by atoms with E-state index < -0.39 is 0 Å². The third kappa shape index (κ3) is 8.53. The highest BCUT2D eigenvalue weighted by atomic mass is 35.5. The first-order valence-corrected chi connectivity index (χ1v) is 11.6. The van der Waals surface area contributed by atoms with Gasteiger partial charge in [-0.2, -0.15) is 0 Å². The molecule has 0 aliphatic rings. The summed E-state index contributed by atoms with van der Waals surface area (Å²) in [7, 11) is 2.01. The Morgan fingerprint density at radius 3 is 2.57 bits per heavy atom. The van der Waals surface area contributed by atoms with Crippen LogP contribution in [0.3, 0.4) is 0 Å². The van der Waals surface area contributed by atoms with E-state index in [1.807, 2.05) is 25.4 Å². The van der Waals surface area contributed by atoms with Gasteiger partial charge in [-0.25, -0.2) is 4.98 Å². The van der Waals surface area contributed by atoms with Crippen LogP contribution in [-0.2, 0) is 0 Å². The molecular weight excluding hydrogens is 392 g/mol. The normalized spacial score (nSPS) is 14.7. The molecule has 0 bridgehead atoms. The zero-order valence-corrected chi connectivity index (χ0v) is 20.3. The Balaban J connectivity index is 3.16. The molecule has 0 radical (unpaired) electrons. The van der Waals surface area contributed by atoms with Crippen molar-refractivity contribution in [3.05, 3.63) is 54.4 Å². The Labute approximate surface area is 189 Å². The van der Waals surface area contributed by atoms with E-state index in [-0.39, 0.29) is 6.17 Å². The Bertz CT molecular complexity index is 686. The second-order valence-corrected chi connectivity index (χ2v) is 8.39. The molecule has 168 valence electrons. The predicted octanol–water partition coefficient (Wildman–Crippen LogP) is 6.72. The lowest BCUT2D eigenvalue weighted by Gasteiger charge is -2.27. The topological polar surface area (TPSA) is 40.2 Å². The first-order chi connectivity index (χ1) is 14.4. The number of nitrogens with one attached hydrogen (secondary N) is 2. The number of nitrogens with zero attached hydrogens (tertiary/aromatic N) is 2. The standard InChI is InChI=1S/C25H41ClN4/c1-8-13-14-21(11-4)29-24-16-22(23(26)18-27-24)20(10-3)15-25(30(7)12-5)28-17-19(6)9-2/h10,12,15-16,18-19,21,25,28H,3,5,8-9,11,13-14,17H2,1-2,4,6-7H3,(H,27,29)/b20-15+. The van der Waals surface area contributed by atoms with Crippen LogP contribution in [0.25, 0.3) is 5.57 Å². The van der Waals surface area contributed by atoms with Crippen molar-refractivity contribution in [2.45, 2.75) is 72.0 Å². The van der Waals surface area contributed by atoms with Gasteiger partial charge in [0.2, 0.25) is 0 Å². The van der Waals surface area contributed by atoms with E-state index in [2.05, 4.69) is 67.4 Å². The van der Waals surface area contributed by atoms with Gasteiger partial charge >= 0.3 is 0 Å². The summed E-state index contributed by atoms with van der Waals surface area (Å²) in [6.45, 7) is 17.8. The SMILES string of the molecule is C=C/C(=C\C(NCC(C)CC)N(C)C=C)c1cc(NC(CC)CCCC)ncc1Cl. The monoisotopic (exact) mass is 432 g/mol. The average Bonchev–Trinajstić information content (AvgIpc) is 2.77. The van der Waals surface area contributed by atoms with Crippen LogP contribution < -0.4 is 10.6 Å². The molecule has 5 heteroatoms. The van der Waals surface area contributed by atoms with E-state index >= 15 is 0 Å². The number of unbranched alkanes of at least 4 members (excludes halogenated alkanes) is 1. The highest BCUT2D eigenvalue weighted by Gasteiger charge is 2.14. The molecule has 4 nitrogen and oxygen atoms in total. The molecule has 0 saturated heterocycles. The molecule has 1 aromatic rings. The first-order valence-electron chi connectivity index (χ1n) is 11.2. The molecule has 0 saturated carbocycles. The molecule has 30 heavy (non-hydrogen) atoms. The van der Waals surface area contributed by atoms with Crippen molar-refractivity contribution in [2.75, 3.05) is 18.9 Å². The molecule has 0 aliphatic carbocycles. The van der Waals surface area contributed by atoms with E-state index in [1.165, 1.54) is 12.8 Å². The third-order valence-corrected chi connectivity index (χ3v) is 5.87. The van der Waals surface area contributed by atoms with Crippen molar-refractivity contribution >= 4 is 23.0 Å². The largest absolute Gasteiger partial charge is 0.367 e. The molecule has 3 atom stereocenters. The Morgan fingerprint density at radius 2 is 2.00 bits per heavy atom. The number of halogens is 1. The first kappa shape index (κ1) is 26.3. The van der Waals surface area contributed by atoms with Crippen molar-refractivity contribution in [2.24, 2.45) is 5.92 Å². The molecule has 0 aromatic carbocycles. The van der Waals surface area contributed by atoms with Gasteiger partial charge in [0.25, 0.3) is 0 Å². The fourth-order valence-corrected chi connectivity index (χ4v) is 3.33. The van der Waals surface area contributed by atoms with Gasteiger partial charge < -0.3 is 10.2 Å². The molecule has 0 spiro atoms. The van der Waals surface area contributed by atoms with Crippen molar-refractivity contribution in [3.63, 3.8) is 0 Å². The van der Waals surface area contributed by atoms with Gasteiger partial charge in [0.05, 0.1) is 11.2 Å². The maximum Gasteiger partial charge on any atom is 0.126 e. The number of pyridine rings is 1. The second kappa shape index (κ2) is 14.3. The third-order valence-electron chi connectivity index (χ3n) is 5.57. The minimum absolute atomic E-state index is 0.00177. The van der Waals surface area contributed by atoms with Crippen LogP contribution >= 0.6 is 11.6 Å². The molecule has 0 fully saturated rings. The number of allylic oxidation sites excluding steroid dienone is 2. The van der Waals surface area contributed by atoms with Crippen LogP contribution in [0.2, 0.25) is 5.02 Å². The van der Waals surface area contributed by atoms with Crippen molar-refractivity contribution in [1.82, 2.24) is 15.2 Å². The van der Waals surface area contributed by atoms with E-state index in [4.69, 9.17) is 11.6 Å². The van der Waals surface area contributed by atoms with E-state index in [9.17, 15) is 0 Å². The van der Waals surface area contributed by atoms with Crippen LogP contribution in [0, 0.1) is 5.92 Å². The fraction of sp³-hybridized carbons (Fsp3) is 0.560. The van der Waals surface area contributed by atoms with Gasteiger partial charge in [0.1, 0.15) is 5.82 Å². The minimum atomic E-state index is -0.00177. The van der Waals surface area contributed by atoms with Crippen LogP contribution in [0.15, 0.2) is 43.8 Å². The summed E-state index contributed by atoms with van der Waals surface area (Å²) in [5, 5.41) is 7.80. The van der Waals surface area contributed by atoms with Crippen LogP contribution in [0.1, 0.15) is 65.4 Å². The molecule has 3 unspecified atom stereocenters. The number of aromatic nitrogens is 1. The average molecular weight is 433 g/mol. The van der Waals surface area contributed by atoms with Crippen molar-refractivity contribution < 1.29 is 0 Å². The number of rotatable bonds is 15. The summed E-state index contributed by atoms with van der Waals surface area (Å²) in [6, 6.07) is 2.45. The molecule has 1 rings (SSSR count). The molecule has 0 amide bonds. The molecular formula is C25H41ClN4. The van der Waals surface area contributed by atoms with Crippen molar-refractivity contribution in [3.8, 4) is 0 Å². The van der Waals surface area contributed by atoms with Crippen LogP contribution in [-0.4, -0.2) is 35.7 Å². The molecule has 1 aromatic heterocycles. The lowest BCUT2D eigenvalue weighted by molar-refractivity contribution is 0.311. The number of hydrogen-bond acceptors (Lipinski definition) is 4. The number of anilines is 1. The summed E-state index contributed by atoms with van der Waals surface area (Å²) < 4.78 is 0. The van der Waals surface area contributed by atoms with Gasteiger partial charge in [-0.05, 0) is 49.2 Å². The van der Waals surface area contributed by atoms with Crippen LogP contribution in [0.5, 0.6) is 0 Å². The number of hydrogen-bond donors (Lipinski definition) is 2. The number of likely N-dealkylation sites (N-methyl/N-ethyl adjacent to an activating group) is 1. The highest BCUT2D eigenvalue weighted by Crippen LogP contribution is 2.28. The van der Waals surface area contributed by atoms with E-state index in [0.717, 1.165) is 42.8 Å². The maximum absolute atomic E-state index is 6.54. The lowest BCUT2D eigenvalue weighted by Crippen LogP contribution is -2.41. The summed E-state index contributed by atoms with van der Waals surface area (Å²) in [4.78, 5) is 6.56. The summed E-state index contributed by atoms with van der Waals surface area (Å²) in [5.74, 6) is 1.45. The maximum atomic E-state index is 6.54. The fourth-order valence-electron chi connectivity index (χ4n) is 3.12. The predicted molar refractivity (Wildman–Crippen MR) is 134 cm³/mol. The van der Waals surface area contributed by atoms with Gasteiger partial charge in [0, 0.05) is 24.8 Å².